The van der Waals surface area contributed by atoms with Gasteiger partial charge in [-0.25, -0.2) is 0 Å². The lowest BCUT2D eigenvalue weighted by Crippen LogP contribution is -2.52. The van der Waals surface area contributed by atoms with Crippen LogP contribution in [-0.4, -0.2) is 50.4 Å². The van der Waals surface area contributed by atoms with Gasteiger partial charge >= 0.3 is 0 Å². The van der Waals surface area contributed by atoms with Gasteiger partial charge in [0.05, 0.1) is 19.3 Å². The first-order valence-electron chi connectivity index (χ1n) is 7.76. The smallest absolute Gasteiger partial charge is 0.118 e. The number of benzene rings is 1. The van der Waals surface area contributed by atoms with Gasteiger partial charge in [0.15, 0.2) is 0 Å². The Bertz CT molecular complexity index is 425. The van der Waals surface area contributed by atoms with Gasteiger partial charge in [0.2, 0.25) is 0 Å². The Hall–Kier alpha value is -1.10. The fourth-order valence-corrected chi connectivity index (χ4v) is 3.26. The number of nitrogens with zero attached hydrogens (tertiary/aromatic N) is 1. The van der Waals surface area contributed by atoms with Gasteiger partial charge in [0.25, 0.3) is 0 Å². The van der Waals surface area contributed by atoms with Crippen molar-refractivity contribution < 1.29 is 9.47 Å². The number of nitrogens with one attached hydrogen (secondary N) is 1. The molecule has 1 N–H and O–H groups in total. The summed E-state index contributed by atoms with van der Waals surface area (Å²) in [6, 6.07) is 9.05. The van der Waals surface area contributed by atoms with Crippen LogP contribution >= 0.6 is 0 Å². The van der Waals surface area contributed by atoms with E-state index in [4.69, 9.17) is 9.47 Å². The number of methoxy groups -OCH3 is 1. The SMILES string of the molecule is CNC(c1ccc(OC)cc1)C(C)N1CC(C)OC(C)C1. The molecule has 2 rings (SSSR count). The van der Waals surface area contributed by atoms with Crippen molar-refractivity contribution in [2.45, 2.75) is 45.1 Å². The summed E-state index contributed by atoms with van der Waals surface area (Å²) in [6.07, 6.45) is 0.592. The molecule has 1 fully saturated rings. The van der Waals surface area contributed by atoms with Crippen molar-refractivity contribution in [3.63, 3.8) is 0 Å². The first-order valence-corrected chi connectivity index (χ1v) is 7.76. The summed E-state index contributed by atoms with van der Waals surface area (Å²) < 4.78 is 11.1. The van der Waals surface area contributed by atoms with Crippen LogP contribution in [0.4, 0.5) is 0 Å². The van der Waals surface area contributed by atoms with Crippen molar-refractivity contribution in [2.75, 3.05) is 27.2 Å². The van der Waals surface area contributed by atoms with Crippen LogP contribution in [-0.2, 0) is 4.74 Å². The number of morpholine rings is 1. The van der Waals surface area contributed by atoms with Gasteiger partial charge in [0, 0.05) is 25.2 Å². The molecule has 1 aliphatic heterocycles. The zero-order chi connectivity index (χ0) is 15.4. The Kier molecular flexibility index (Phi) is 5.62. The second kappa shape index (κ2) is 7.25. The van der Waals surface area contributed by atoms with Crippen molar-refractivity contribution in [1.82, 2.24) is 10.2 Å². The standard InChI is InChI=1S/C17H28N2O2/c1-12-10-19(11-13(2)21-12)14(3)17(18-4)15-6-8-16(20-5)9-7-15/h6-9,12-14,17-18H,10-11H2,1-5H3. The fraction of sp³-hybridized carbons (Fsp3) is 0.647. The summed E-state index contributed by atoms with van der Waals surface area (Å²) in [4.78, 5) is 2.52. The quantitative estimate of drug-likeness (QED) is 0.904. The van der Waals surface area contributed by atoms with E-state index in [1.165, 1.54) is 5.56 Å². The van der Waals surface area contributed by atoms with Crippen LogP contribution in [0, 0.1) is 0 Å². The van der Waals surface area contributed by atoms with Crippen LogP contribution in [0.3, 0.4) is 0 Å². The lowest BCUT2D eigenvalue weighted by Gasteiger charge is -2.41. The second-order valence-electron chi connectivity index (χ2n) is 5.99. The molecule has 4 nitrogen and oxygen atoms in total. The first kappa shape index (κ1) is 16.3. The van der Waals surface area contributed by atoms with E-state index in [-0.39, 0.29) is 0 Å². The maximum absolute atomic E-state index is 5.84. The average Bonchev–Trinajstić information content (AvgIpc) is 2.47. The van der Waals surface area contributed by atoms with Crippen LogP contribution < -0.4 is 10.1 Å². The number of hydrogen-bond acceptors (Lipinski definition) is 4. The Morgan fingerprint density at radius 1 is 1.19 bits per heavy atom. The molecule has 0 aromatic heterocycles. The number of ether oxygens (including phenoxy) is 2. The van der Waals surface area contributed by atoms with E-state index in [2.05, 4.69) is 43.1 Å². The molecular weight excluding hydrogens is 264 g/mol. The Balaban J connectivity index is 2.11. The maximum Gasteiger partial charge on any atom is 0.118 e. The van der Waals surface area contributed by atoms with E-state index in [0.29, 0.717) is 24.3 Å². The minimum Gasteiger partial charge on any atom is -0.497 e. The highest BCUT2D eigenvalue weighted by Crippen LogP contribution is 2.25. The highest BCUT2D eigenvalue weighted by Gasteiger charge is 2.30. The second-order valence-corrected chi connectivity index (χ2v) is 5.99. The van der Waals surface area contributed by atoms with Crippen molar-refractivity contribution in [3.05, 3.63) is 29.8 Å². The van der Waals surface area contributed by atoms with Crippen LogP contribution in [0.25, 0.3) is 0 Å². The average molecular weight is 292 g/mol. The van der Waals surface area contributed by atoms with Crippen LogP contribution in [0.15, 0.2) is 24.3 Å². The number of rotatable bonds is 5. The lowest BCUT2D eigenvalue weighted by molar-refractivity contribution is -0.0820. The Morgan fingerprint density at radius 3 is 2.24 bits per heavy atom. The summed E-state index contributed by atoms with van der Waals surface area (Å²) in [5.74, 6) is 0.898. The molecule has 0 bridgehead atoms. The van der Waals surface area contributed by atoms with Crippen molar-refractivity contribution in [1.29, 1.82) is 0 Å². The highest BCUT2D eigenvalue weighted by atomic mass is 16.5. The van der Waals surface area contributed by atoms with Gasteiger partial charge in [-0.05, 0) is 45.5 Å². The Morgan fingerprint density at radius 2 is 1.76 bits per heavy atom. The van der Waals surface area contributed by atoms with Crippen molar-refractivity contribution in [3.8, 4) is 5.75 Å². The summed E-state index contributed by atoms with van der Waals surface area (Å²) in [5.41, 5.74) is 1.29. The lowest BCUT2D eigenvalue weighted by atomic mass is 9.98. The minimum absolute atomic E-state index is 0.296. The molecule has 0 aliphatic carbocycles. The summed E-state index contributed by atoms with van der Waals surface area (Å²) in [5, 5.41) is 3.46. The zero-order valence-corrected chi connectivity index (χ0v) is 13.8. The molecule has 0 spiro atoms. The molecule has 1 aromatic carbocycles. The molecule has 118 valence electrons. The molecule has 1 aliphatic rings. The van der Waals surface area contributed by atoms with Crippen molar-refractivity contribution >= 4 is 0 Å². The zero-order valence-electron chi connectivity index (χ0n) is 13.8. The number of likely N-dealkylation sites (N-methyl/N-ethyl adjacent to an activating group) is 1. The van der Waals surface area contributed by atoms with Crippen LogP contribution in [0.2, 0.25) is 0 Å². The largest absolute Gasteiger partial charge is 0.497 e. The topological polar surface area (TPSA) is 33.7 Å². The minimum atomic E-state index is 0.296. The molecule has 4 unspecified atom stereocenters. The maximum atomic E-state index is 5.84. The van der Waals surface area contributed by atoms with Gasteiger partial charge < -0.3 is 14.8 Å². The molecule has 0 radical (unpaired) electrons. The third-order valence-electron chi connectivity index (χ3n) is 4.29. The van der Waals surface area contributed by atoms with Crippen LogP contribution in [0.5, 0.6) is 5.75 Å². The van der Waals surface area contributed by atoms with Gasteiger partial charge in [-0.1, -0.05) is 12.1 Å². The molecule has 21 heavy (non-hydrogen) atoms. The molecule has 1 saturated heterocycles. The van der Waals surface area contributed by atoms with E-state index in [9.17, 15) is 0 Å². The third kappa shape index (κ3) is 3.96. The summed E-state index contributed by atoms with van der Waals surface area (Å²) in [6.45, 7) is 8.56. The monoisotopic (exact) mass is 292 g/mol. The molecule has 0 amide bonds. The predicted molar refractivity (Wildman–Crippen MR) is 85.8 cm³/mol. The number of hydrogen-bond donors (Lipinski definition) is 1. The Labute approximate surface area is 128 Å². The molecule has 1 heterocycles. The van der Waals surface area contributed by atoms with E-state index < -0.39 is 0 Å². The highest BCUT2D eigenvalue weighted by molar-refractivity contribution is 5.29. The molecule has 4 atom stereocenters. The molecule has 1 aromatic rings. The van der Waals surface area contributed by atoms with E-state index >= 15 is 0 Å². The molecule has 0 saturated carbocycles. The molecule has 4 heteroatoms. The van der Waals surface area contributed by atoms with Gasteiger partial charge in [-0.2, -0.15) is 0 Å². The first-order chi connectivity index (χ1) is 10.0. The third-order valence-corrected chi connectivity index (χ3v) is 4.29. The van der Waals surface area contributed by atoms with Crippen molar-refractivity contribution in [2.24, 2.45) is 0 Å². The summed E-state index contributed by atoms with van der Waals surface area (Å²) in [7, 11) is 3.72. The van der Waals surface area contributed by atoms with Gasteiger partial charge in [-0.15, -0.1) is 0 Å². The van der Waals surface area contributed by atoms with E-state index in [1.807, 2.05) is 19.2 Å². The molecular formula is C17H28N2O2. The predicted octanol–water partition coefficient (Wildman–Crippen LogP) is 2.45. The van der Waals surface area contributed by atoms with Gasteiger partial charge in [-0.3, -0.25) is 4.90 Å². The van der Waals surface area contributed by atoms with E-state index in [0.717, 1.165) is 18.8 Å². The summed E-state index contributed by atoms with van der Waals surface area (Å²) >= 11 is 0. The van der Waals surface area contributed by atoms with Gasteiger partial charge in [0.1, 0.15) is 5.75 Å². The van der Waals surface area contributed by atoms with E-state index in [1.54, 1.807) is 7.11 Å². The normalized spacial score (nSPS) is 26.3. The fourth-order valence-electron chi connectivity index (χ4n) is 3.26. The van der Waals surface area contributed by atoms with Crippen LogP contribution in [0.1, 0.15) is 32.4 Å².